The van der Waals surface area contributed by atoms with Crippen molar-refractivity contribution in [3.8, 4) is 5.75 Å². The third-order valence-electron chi connectivity index (χ3n) is 3.31. The van der Waals surface area contributed by atoms with E-state index in [-0.39, 0.29) is 17.7 Å². The fourth-order valence-corrected chi connectivity index (χ4v) is 2.28. The maximum absolute atomic E-state index is 13.7. The van der Waals surface area contributed by atoms with Gasteiger partial charge < -0.3 is 10.1 Å². The first kappa shape index (κ1) is 17.0. The van der Waals surface area contributed by atoms with Crippen molar-refractivity contribution >= 4 is 23.6 Å². The van der Waals surface area contributed by atoms with Gasteiger partial charge in [0.05, 0.1) is 13.2 Å². The fourth-order valence-electron chi connectivity index (χ4n) is 2.08. The van der Waals surface area contributed by atoms with Crippen LogP contribution in [-0.2, 0) is 4.79 Å². The summed E-state index contributed by atoms with van der Waals surface area (Å²) >= 11 is 5.88. The molecule has 0 heterocycles. The molecule has 23 heavy (non-hydrogen) atoms. The monoisotopic (exact) mass is 333 g/mol. The highest BCUT2D eigenvalue weighted by Gasteiger charge is 2.11. The van der Waals surface area contributed by atoms with Crippen LogP contribution in [0.2, 0.25) is 5.02 Å². The van der Waals surface area contributed by atoms with Crippen LogP contribution in [0.4, 0.5) is 4.39 Å². The summed E-state index contributed by atoms with van der Waals surface area (Å²) in [5.41, 5.74) is 1.49. The molecule has 0 radical (unpaired) electrons. The van der Waals surface area contributed by atoms with E-state index < -0.39 is 5.82 Å². The van der Waals surface area contributed by atoms with Gasteiger partial charge in [-0.3, -0.25) is 4.79 Å². The lowest BCUT2D eigenvalue weighted by atomic mass is 10.1. The second-order valence-electron chi connectivity index (χ2n) is 5.01. The van der Waals surface area contributed by atoms with Gasteiger partial charge in [-0.25, -0.2) is 4.39 Å². The molecular weight excluding hydrogens is 317 g/mol. The zero-order valence-corrected chi connectivity index (χ0v) is 13.6. The maximum Gasteiger partial charge on any atom is 0.244 e. The van der Waals surface area contributed by atoms with E-state index in [0.717, 1.165) is 5.56 Å². The minimum absolute atomic E-state index is 0.174. The lowest BCUT2D eigenvalue weighted by Gasteiger charge is -2.14. The van der Waals surface area contributed by atoms with E-state index >= 15 is 0 Å². The Labute approximate surface area is 139 Å². The fraction of sp³-hybridized carbons (Fsp3) is 0.167. The molecule has 0 unspecified atom stereocenters. The van der Waals surface area contributed by atoms with Crippen molar-refractivity contribution in [3.63, 3.8) is 0 Å². The molecule has 0 spiro atoms. The number of hydrogen-bond acceptors (Lipinski definition) is 2. The zero-order chi connectivity index (χ0) is 16.8. The zero-order valence-electron chi connectivity index (χ0n) is 12.8. The molecule has 120 valence electrons. The molecule has 0 aromatic heterocycles. The standard InChI is InChI=1S/C18H17ClFNO2/c1-12(14-7-8-17(23-2)16(20)11-14)21-18(22)9-6-13-4-3-5-15(19)10-13/h3-12H,1-2H3,(H,21,22)/b9-6+/t12-/m1/s1. The van der Waals surface area contributed by atoms with Crippen molar-refractivity contribution in [2.75, 3.05) is 7.11 Å². The summed E-state index contributed by atoms with van der Waals surface area (Å²) in [5, 5.41) is 3.39. The highest BCUT2D eigenvalue weighted by molar-refractivity contribution is 6.30. The van der Waals surface area contributed by atoms with Gasteiger partial charge in [0.2, 0.25) is 5.91 Å². The number of rotatable bonds is 5. The first-order valence-corrected chi connectivity index (χ1v) is 7.45. The van der Waals surface area contributed by atoms with E-state index in [0.29, 0.717) is 10.6 Å². The summed E-state index contributed by atoms with van der Waals surface area (Å²) in [6.45, 7) is 1.78. The molecule has 0 fully saturated rings. The normalized spacial score (nSPS) is 12.2. The van der Waals surface area contributed by atoms with Crippen molar-refractivity contribution in [1.82, 2.24) is 5.32 Å². The summed E-state index contributed by atoms with van der Waals surface area (Å²) in [5.74, 6) is -0.553. The van der Waals surface area contributed by atoms with Crippen molar-refractivity contribution in [2.45, 2.75) is 13.0 Å². The van der Waals surface area contributed by atoms with Crippen LogP contribution in [-0.4, -0.2) is 13.0 Å². The maximum atomic E-state index is 13.7. The molecule has 0 aliphatic heterocycles. The van der Waals surface area contributed by atoms with Crippen LogP contribution in [0.25, 0.3) is 6.08 Å². The van der Waals surface area contributed by atoms with Gasteiger partial charge in [-0.2, -0.15) is 0 Å². The molecule has 0 saturated carbocycles. The lowest BCUT2D eigenvalue weighted by molar-refractivity contribution is -0.117. The predicted octanol–water partition coefficient (Wildman–Crippen LogP) is 4.38. The van der Waals surface area contributed by atoms with Gasteiger partial charge in [-0.15, -0.1) is 0 Å². The largest absolute Gasteiger partial charge is 0.494 e. The number of carbonyl (C=O) groups is 1. The van der Waals surface area contributed by atoms with E-state index in [2.05, 4.69) is 5.32 Å². The highest BCUT2D eigenvalue weighted by Crippen LogP contribution is 2.21. The highest BCUT2D eigenvalue weighted by atomic mass is 35.5. The van der Waals surface area contributed by atoms with E-state index in [1.54, 1.807) is 31.2 Å². The van der Waals surface area contributed by atoms with E-state index in [4.69, 9.17) is 16.3 Å². The molecular formula is C18H17ClFNO2. The third kappa shape index (κ3) is 4.83. The van der Waals surface area contributed by atoms with Crippen LogP contribution in [0.5, 0.6) is 5.75 Å². The molecule has 5 heteroatoms. The number of methoxy groups -OCH3 is 1. The van der Waals surface area contributed by atoms with Crippen LogP contribution in [0.1, 0.15) is 24.1 Å². The molecule has 1 amide bonds. The molecule has 0 saturated heterocycles. The smallest absolute Gasteiger partial charge is 0.244 e. The molecule has 1 atom stereocenters. The van der Waals surface area contributed by atoms with Gasteiger partial charge in [0.25, 0.3) is 0 Å². The van der Waals surface area contributed by atoms with E-state index in [1.165, 1.54) is 25.3 Å². The number of carbonyl (C=O) groups excluding carboxylic acids is 1. The lowest BCUT2D eigenvalue weighted by Crippen LogP contribution is -2.24. The Balaban J connectivity index is 2.00. The quantitative estimate of drug-likeness (QED) is 0.825. The molecule has 2 aromatic carbocycles. The van der Waals surface area contributed by atoms with Crippen LogP contribution in [0, 0.1) is 5.82 Å². The number of nitrogens with one attached hydrogen (secondary N) is 1. The van der Waals surface area contributed by atoms with E-state index in [9.17, 15) is 9.18 Å². The van der Waals surface area contributed by atoms with Crippen molar-refractivity contribution in [2.24, 2.45) is 0 Å². The second-order valence-corrected chi connectivity index (χ2v) is 5.45. The molecule has 0 aliphatic rings. The van der Waals surface area contributed by atoms with Crippen molar-refractivity contribution < 1.29 is 13.9 Å². The molecule has 0 aliphatic carbocycles. The Bertz CT molecular complexity index is 731. The van der Waals surface area contributed by atoms with Crippen molar-refractivity contribution in [1.29, 1.82) is 0 Å². The molecule has 2 rings (SSSR count). The van der Waals surface area contributed by atoms with Gasteiger partial charge in [-0.05, 0) is 48.4 Å². The Morgan fingerprint density at radius 3 is 2.74 bits per heavy atom. The van der Waals surface area contributed by atoms with Gasteiger partial charge in [-0.1, -0.05) is 29.8 Å². The van der Waals surface area contributed by atoms with Gasteiger partial charge >= 0.3 is 0 Å². The molecule has 3 nitrogen and oxygen atoms in total. The van der Waals surface area contributed by atoms with Crippen LogP contribution < -0.4 is 10.1 Å². The van der Waals surface area contributed by atoms with Crippen LogP contribution in [0.3, 0.4) is 0 Å². The SMILES string of the molecule is COc1ccc([C@@H](C)NC(=O)/C=C/c2cccc(Cl)c2)cc1F. The Morgan fingerprint density at radius 1 is 1.30 bits per heavy atom. The number of hydrogen-bond donors (Lipinski definition) is 1. The summed E-state index contributed by atoms with van der Waals surface area (Å²) in [6, 6.07) is 11.5. The van der Waals surface area contributed by atoms with E-state index in [1.807, 2.05) is 12.1 Å². The Morgan fingerprint density at radius 2 is 2.09 bits per heavy atom. The minimum atomic E-state index is -0.458. The van der Waals surface area contributed by atoms with Crippen LogP contribution >= 0.6 is 11.6 Å². The Hall–Kier alpha value is -2.33. The first-order chi connectivity index (χ1) is 11.0. The first-order valence-electron chi connectivity index (χ1n) is 7.07. The van der Waals surface area contributed by atoms with Crippen LogP contribution in [0.15, 0.2) is 48.5 Å². The van der Waals surface area contributed by atoms with Gasteiger partial charge in [0.15, 0.2) is 11.6 Å². The molecule has 2 aromatic rings. The number of ether oxygens (including phenoxy) is 1. The summed E-state index contributed by atoms with van der Waals surface area (Å²) in [7, 11) is 1.41. The van der Waals surface area contributed by atoms with Gasteiger partial charge in [0, 0.05) is 11.1 Å². The van der Waals surface area contributed by atoms with Crippen molar-refractivity contribution in [3.05, 3.63) is 70.5 Å². The summed E-state index contributed by atoms with van der Waals surface area (Å²) in [6.07, 6.45) is 3.09. The predicted molar refractivity (Wildman–Crippen MR) is 90.0 cm³/mol. The third-order valence-corrected chi connectivity index (χ3v) is 3.55. The number of halogens is 2. The minimum Gasteiger partial charge on any atom is -0.494 e. The summed E-state index contributed by atoms with van der Waals surface area (Å²) < 4.78 is 18.6. The number of benzene rings is 2. The average molecular weight is 334 g/mol. The van der Waals surface area contributed by atoms with Gasteiger partial charge in [0.1, 0.15) is 0 Å². The molecule has 0 bridgehead atoms. The molecule has 1 N–H and O–H groups in total. The topological polar surface area (TPSA) is 38.3 Å². The average Bonchev–Trinajstić information content (AvgIpc) is 2.53. The summed E-state index contributed by atoms with van der Waals surface area (Å²) in [4.78, 5) is 11.9. The Kier molecular flexibility index (Phi) is 5.77. The second kappa shape index (κ2) is 7.79. The number of amides is 1.